The van der Waals surface area contributed by atoms with Gasteiger partial charge in [-0.15, -0.1) is 0 Å². The average molecular weight is 398 g/mol. The van der Waals surface area contributed by atoms with Gasteiger partial charge in [0.15, 0.2) is 23.9 Å². The van der Waals surface area contributed by atoms with E-state index in [1.807, 2.05) is 0 Å². The van der Waals surface area contributed by atoms with Gasteiger partial charge in [-0.05, 0) is 36.4 Å². The first-order valence-corrected chi connectivity index (χ1v) is 7.77. The Morgan fingerprint density at radius 3 is 2.74 bits per heavy atom. The number of benzene rings is 2. The lowest BCUT2D eigenvalue weighted by molar-refractivity contribution is 0.0475. The smallest absolute Gasteiger partial charge is 0.340 e. The maximum atomic E-state index is 12.1. The van der Waals surface area contributed by atoms with E-state index in [1.54, 1.807) is 30.3 Å². The summed E-state index contributed by atoms with van der Waals surface area (Å²) in [5.41, 5.74) is 0.571. The van der Waals surface area contributed by atoms with Crippen LogP contribution in [0, 0.1) is 0 Å². The molecule has 0 saturated heterocycles. The van der Waals surface area contributed by atoms with E-state index in [1.165, 1.54) is 6.07 Å². The maximum absolute atomic E-state index is 12.1. The monoisotopic (exact) mass is 396 g/mol. The molecule has 0 aliphatic carbocycles. The molecular weight excluding hydrogens is 388 g/mol. The van der Waals surface area contributed by atoms with E-state index >= 15 is 0 Å². The van der Waals surface area contributed by atoms with Gasteiger partial charge in [-0.25, -0.2) is 4.79 Å². The number of hydrogen-bond donors (Lipinski definition) is 0. The SMILES string of the molecule is O=C(COC(=O)c1cc(Br)ccc1Cl)c1ccc2c(c1)OCO2. The summed E-state index contributed by atoms with van der Waals surface area (Å²) in [5, 5.41) is 0.258. The van der Waals surface area contributed by atoms with Gasteiger partial charge in [0.05, 0.1) is 10.6 Å². The average Bonchev–Trinajstić information content (AvgIpc) is 3.02. The number of esters is 1. The molecule has 3 rings (SSSR count). The molecule has 2 aromatic carbocycles. The topological polar surface area (TPSA) is 61.8 Å². The standard InChI is InChI=1S/C16H10BrClO5/c17-10-2-3-12(18)11(6-10)16(20)21-7-13(19)9-1-4-14-15(5-9)23-8-22-14/h1-6H,7-8H2. The van der Waals surface area contributed by atoms with Crippen molar-refractivity contribution in [1.29, 1.82) is 0 Å². The van der Waals surface area contributed by atoms with E-state index in [4.69, 9.17) is 25.8 Å². The van der Waals surface area contributed by atoms with Gasteiger partial charge in [0.2, 0.25) is 6.79 Å². The van der Waals surface area contributed by atoms with Crippen molar-refractivity contribution in [3.05, 3.63) is 57.0 Å². The van der Waals surface area contributed by atoms with Crippen LogP contribution in [0.25, 0.3) is 0 Å². The predicted octanol–water partition coefficient (Wildman–Crippen LogP) is 3.87. The van der Waals surface area contributed by atoms with E-state index in [9.17, 15) is 9.59 Å². The first-order chi connectivity index (χ1) is 11.0. The third-order valence-electron chi connectivity index (χ3n) is 3.18. The Morgan fingerprint density at radius 2 is 1.91 bits per heavy atom. The number of fused-ring (bicyclic) bond motifs is 1. The number of halogens is 2. The number of carbonyl (C=O) groups is 2. The van der Waals surface area contributed by atoms with Crippen LogP contribution >= 0.6 is 27.5 Å². The molecule has 0 unspecified atom stereocenters. The van der Waals surface area contributed by atoms with Crippen LogP contribution in [0.1, 0.15) is 20.7 Å². The lowest BCUT2D eigenvalue weighted by Crippen LogP contribution is -2.14. The molecule has 0 amide bonds. The van der Waals surface area contributed by atoms with Crippen LogP contribution < -0.4 is 9.47 Å². The third-order valence-corrected chi connectivity index (χ3v) is 4.00. The van der Waals surface area contributed by atoms with Gasteiger partial charge in [0, 0.05) is 10.0 Å². The van der Waals surface area contributed by atoms with Gasteiger partial charge in [-0.3, -0.25) is 4.79 Å². The van der Waals surface area contributed by atoms with Crippen LogP contribution in [-0.2, 0) is 4.74 Å². The number of hydrogen-bond acceptors (Lipinski definition) is 5. The number of ketones is 1. The minimum atomic E-state index is -0.662. The Balaban J connectivity index is 1.67. The minimum Gasteiger partial charge on any atom is -0.454 e. The fraction of sp³-hybridized carbons (Fsp3) is 0.125. The van der Waals surface area contributed by atoms with Crippen molar-refractivity contribution in [1.82, 2.24) is 0 Å². The van der Waals surface area contributed by atoms with Gasteiger partial charge >= 0.3 is 5.97 Å². The Bertz CT molecular complexity index is 790. The van der Waals surface area contributed by atoms with Crippen LogP contribution in [0.2, 0.25) is 5.02 Å². The molecular formula is C16H10BrClO5. The third kappa shape index (κ3) is 3.48. The van der Waals surface area contributed by atoms with Gasteiger partial charge in [-0.1, -0.05) is 27.5 Å². The van der Waals surface area contributed by atoms with Crippen molar-refractivity contribution < 1.29 is 23.8 Å². The first-order valence-electron chi connectivity index (χ1n) is 6.59. The van der Waals surface area contributed by atoms with Gasteiger partial charge < -0.3 is 14.2 Å². The molecule has 118 valence electrons. The summed E-state index contributed by atoms with van der Waals surface area (Å²) in [6.07, 6.45) is 0. The quantitative estimate of drug-likeness (QED) is 0.579. The number of rotatable bonds is 4. The zero-order valence-corrected chi connectivity index (χ0v) is 14.0. The first kappa shape index (κ1) is 15.8. The molecule has 0 fully saturated rings. The maximum Gasteiger partial charge on any atom is 0.340 e. The summed E-state index contributed by atoms with van der Waals surface area (Å²) in [4.78, 5) is 24.1. The largest absolute Gasteiger partial charge is 0.454 e. The number of carbonyl (C=O) groups excluding carboxylic acids is 2. The summed E-state index contributed by atoms with van der Waals surface area (Å²) in [7, 11) is 0. The van der Waals surface area contributed by atoms with E-state index in [0.29, 0.717) is 21.5 Å². The lowest BCUT2D eigenvalue weighted by Gasteiger charge is -2.07. The highest BCUT2D eigenvalue weighted by molar-refractivity contribution is 9.10. The molecule has 0 atom stereocenters. The Labute approximate surface area is 145 Å². The second kappa shape index (κ2) is 6.60. The second-order valence-electron chi connectivity index (χ2n) is 4.69. The highest BCUT2D eigenvalue weighted by Gasteiger charge is 2.18. The van der Waals surface area contributed by atoms with Gasteiger partial charge in [-0.2, -0.15) is 0 Å². The van der Waals surface area contributed by atoms with Crippen LogP contribution in [0.15, 0.2) is 40.9 Å². The second-order valence-corrected chi connectivity index (χ2v) is 6.01. The molecule has 0 aromatic heterocycles. The number of ether oxygens (including phenoxy) is 3. The zero-order valence-electron chi connectivity index (χ0n) is 11.7. The fourth-order valence-corrected chi connectivity index (χ4v) is 2.57. The molecule has 1 heterocycles. The minimum absolute atomic E-state index is 0.128. The Hall–Kier alpha value is -2.05. The molecule has 0 saturated carbocycles. The summed E-state index contributed by atoms with van der Waals surface area (Å²) >= 11 is 9.20. The van der Waals surface area contributed by atoms with Crippen LogP contribution in [0.3, 0.4) is 0 Å². The van der Waals surface area contributed by atoms with Crippen molar-refractivity contribution in [3.63, 3.8) is 0 Å². The molecule has 23 heavy (non-hydrogen) atoms. The van der Waals surface area contributed by atoms with Crippen molar-refractivity contribution in [2.75, 3.05) is 13.4 Å². The van der Waals surface area contributed by atoms with E-state index < -0.39 is 5.97 Å². The molecule has 7 heteroatoms. The van der Waals surface area contributed by atoms with E-state index in [0.717, 1.165) is 0 Å². The van der Waals surface area contributed by atoms with E-state index in [-0.39, 0.29) is 29.8 Å². The molecule has 0 N–H and O–H groups in total. The van der Waals surface area contributed by atoms with Crippen LogP contribution in [0.4, 0.5) is 0 Å². The Kier molecular flexibility index (Phi) is 4.54. The van der Waals surface area contributed by atoms with E-state index in [2.05, 4.69) is 15.9 Å². The van der Waals surface area contributed by atoms with Crippen LogP contribution in [-0.4, -0.2) is 25.2 Å². The van der Waals surface area contributed by atoms with Gasteiger partial charge in [0.1, 0.15) is 0 Å². The Morgan fingerprint density at radius 1 is 1.13 bits per heavy atom. The van der Waals surface area contributed by atoms with Gasteiger partial charge in [0.25, 0.3) is 0 Å². The summed E-state index contributed by atoms with van der Waals surface area (Å²) in [5.74, 6) is 0.0739. The molecule has 5 nitrogen and oxygen atoms in total. The number of Topliss-reactive ketones (excluding diaryl/α,β-unsaturated/α-hetero) is 1. The van der Waals surface area contributed by atoms with Crippen molar-refractivity contribution in [2.45, 2.75) is 0 Å². The highest BCUT2D eigenvalue weighted by atomic mass is 79.9. The fourth-order valence-electron chi connectivity index (χ4n) is 2.02. The molecule has 1 aliphatic heterocycles. The summed E-state index contributed by atoms with van der Waals surface area (Å²) in [6, 6.07) is 9.61. The van der Waals surface area contributed by atoms with Crippen molar-refractivity contribution in [2.24, 2.45) is 0 Å². The molecule has 1 aliphatic rings. The summed E-state index contributed by atoms with van der Waals surface area (Å²) < 4.78 is 16.1. The normalized spacial score (nSPS) is 12.1. The van der Waals surface area contributed by atoms with Crippen molar-refractivity contribution in [3.8, 4) is 11.5 Å². The molecule has 0 spiro atoms. The highest BCUT2D eigenvalue weighted by Crippen LogP contribution is 2.32. The summed E-state index contributed by atoms with van der Waals surface area (Å²) in [6.45, 7) is -0.259. The predicted molar refractivity (Wildman–Crippen MR) is 86.3 cm³/mol. The lowest BCUT2D eigenvalue weighted by atomic mass is 10.1. The molecule has 0 radical (unpaired) electrons. The molecule has 0 bridgehead atoms. The molecule has 2 aromatic rings. The van der Waals surface area contributed by atoms with Crippen LogP contribution in [0.5, 0.6) is 11.5 Å². The zero-order chi connectivity index (χ0) is 16.4. The van der Waals surface area contributed by atoms with Crippen molar-refractivity contribution >= 4 is 39.3 Å².